The number of carbonyl (C=O) groups is 1. The smallest absolute Gasteiger partial charge is 0.314 e. The van der Waals surface area contributed by atoms with E-state index in [2.05, 4.69) is 48.5 Å². The van der Waals surface area contributed by atoms with Gasteiger partial charge in [-0.3, -0.25) is 4.79 Å². The molecule has 594 valence electrons. The first-order valence-corrected chi connectivity index (χ1v) is 36.7. The zero-order chi connectivity index (χ0) is 74.9. The molecule has 34 heteroatoms. The number of carbonyl (C=O) groups excluding carboxylic acids is 1. The highest BCUT2D eigenvalue weighted by atomic mass is 16.8. The molecule has 7 heterocycles. The van der Waals surface area contributed by atoms with Gasteiger partial charge in [-0.25, -0.2) is 0 Å². The highest BCUT2D eigenvalue weighted by Gasteiger charge is 2.72. The van der Waals surface area contributed by atoms with Crippen LogP contribution in [0.15, 0.2) is 0 Å². The number of fused-ring (bicyclic) bond motifs is 7. The molecule has 0 spiro atoms. The molecule has 0 aromatic carbocycles. The quantitative estimate of drug-likeness (QED) is 0.0477. The van der Waals surface area contributed by atoms with Crippen molar-refractivity contribution in [2.24, 2.45) is 56.2 Å². The average molecular weight is 1490 g/mol. The first-order chi connectivity index (χ1) is 48.4. The summed E-state index contributed by atoms with van der Waals surface area (Å²) in [6.07, 6.45) is -46.7. The van der Waals surface area contributed by atoms with Crippen molar-refractivity contribution in [1.29, 1.82) is 0 Å². The van der Waals surface area contributed by atoms with Crippen LogP contribution in [0.3, 0.4) is 0 Å². The van der Waals surface area contributed by atoms with E-state index in [4.69, 9.17) is 66.3 Å². The third-order valence-corrected chi connectivity index (χ3v) is 27.2. The van der Waals surface area contributed by atoms with E-state index in [1.54, 1.807) is 0 Å². The Balaban J connectivity index is 0.762. The molecular formula is C69H114O34. The molecule has 7 saturated heterocycles. The number of rotatable bonds is 17. The van der Waals surface area contributed by atoms with E-state index < -0.39 is 259 Å². The minimum Gasteiger partial charge on any atom is -0.432 e. The van der Waals surface area contributed by atoms with Gasteiger partial charge in [-0.15, -0.1) is 0 Å². The van der Waals surface area contributed by atoms with Gasteiger partial charge in [0.15, 0.2) is 37.7 Å². The summed E-state index contributed by atoms with van der Waals surface area (Å²) in [7, 11) is 0. The maximum absolute atomic E-state index is 15.3. The number of hydrogen-bond donors (Lipinski definition) is 19. The van der Waals surface area contributed by atoms with Crippen molar-refractivity contribution in [2.75, 3.05) is 39.6 Å². The van der Waals surface area contributed by atoms with E-state index in [1.165, 1.54) is 6.92 Å². The molecule has 0 aromatic rings. The summed E-state index contributed by atoms with van der Waals surface area (Å²) in [6.45, 7) is 13.8. The Morgan fingerprint density at radius 1 is 0.408 bits per heavy atom. The lowest BCUT2D eigenvalue weighted by molar-refractivity contribution is -0.394. The molecule has 41 atom stereocenters. The van der Waals surface area contributed by atoms with Gasteiger partial charge in [0.05, 0.1) is 57.3 Å². The van der Waals surface area contributed by atoms with E-state index >= 15 is 4.79 Å². The summed E-state index contributed by atoms with van der Waals surface area (Å²) in [4.78, 5) is 15.3. The molecule has 5 aliphatic carbocycles. The summed E-state index contributed by atoms with van der Waals surface area (Å²) in [5.74, 6) is -0.510. The van der Waals surface area contributed by atoms with Crippen LogP contribution in [-0.4, -0.2) is 345 Å². The fourth-order valence-corrected chi connectivity index (χ4v) is 20.7. The Bertz CT molecular complexity index is 2850. The lowest BCUT2D eigenvalue weighted by Gasteiger charge is -2.73. The zero-order valence-corrected chi connectivity index (χ0v) is 59.5. The number of ether oxygens (including phenoxy) is 14. The second-order valence-electron chi connectivity index (χ2n) is 33.8. The molecule has 12 fully saturated rings. The van der Waals surface area contributed by atoms with Crippen LogP contribution >= 0.6 is 0 Å². The predicted molar refractivity (Wildman–Crippen MR) is 341 cm³/mol. The molecule has 41 unspecified atom stereocenters. The lowest BCUT2D eigenvalue weighted by Crippen LogP contribution is -2.68. The normalized spacial score (nSPS) is 55.1. The van der Waals surface area contributed by atoms with Crippen molar-refractivity contribution in [2.45, 2.75) is 329 Å². The Kier molecular flexibility index (Phi) is 24.1. The molecule has 0 radical (unpaired) electrons. The molecule has 0 amide bonds. The second-order valence-corrected chi connectivity index (χ2v) is 33.8. The summed E-state index contributed by atoms with van der Waals surface area (Å²) in [5, 5.41) is 206. The Morgan fingerprint density at radius 3 is 1.60 bits per heavy atom. The van der Waals surface area contributed by atoms with Gasteiger partial charge < -0.3 is 163 Å². The van der Waals surface area contributed by atoms with Gasteiger partial charge in [-0.1, -0.05) is 48.5 Å². The number of hydrogen-bond acceptors (Lipinski definition) is 34. The fourth-order valence-electron chi connectivity index (χ4n) is 20.7. The molecule has 0 bridgehead atoms. The number of esters is 1. The van der Waals surface area contributed by atoms with Crippen LogP contribution in [0.4, 0.5) is 0 Å². The summed E-state index contributed by atoms with van der Waals surface area (Å²) >= 11 is 0. The minimum atomic E-state index is -1.98. The van der Waals surface area contributed by atoms with Gasteiger partial charge in [-0.05, 0) is 128 Å². The topological polar surface area (TPSA) is 531 Å². The summed E-state index contributed by atoms with van der Waals surface area (Å²) in [5.41, 5.74) is -2.65. The van der Waals surface area contributed by atoms with Crippen molar-refractivity contribution in [3.8, 4) is 0 Å². The first kappa shape index (κ1) is 80.7. The van der Waals surface area contributed by atoms with Gasteiger partial charge in [0, 0.05) is 0 Å². The van der Waals surface area contributed by atoms with Crippen molar-refractivity contribution in [1.82, 2.24) is 0 Å². The lowest BCUT2D eigenvalue weighted by atomic mass is 9.31. The van der Waals surface area contributed by atoms with Gasteiger partial charge in [0.2, 0.25) is 6.29 Å². The van der Waals surface area contributed by atoms with Gasteiger partial charge in [0.25, 0.3) is 0 Å². The highest BCUT2D eigenvalue weighted by Crippen LogP contribution is 2.77. The zero-order valence-electron chi connectivity index (χ0n) is 59.5. The van der Waals surface area contributed by atoms with Crippen LogP contribution in [0.25, 0.3) is 0 Å². The molecule has 0 aromatic heterocycles. The molecule has 5 saturated carbocycles. The van der Waals surface area contributed by atoms with E-state index in [1.807, 2.05) is 0 Å². The molecular weight excluding hydrogens is 1370 g/mol. The molecule has 19 N–H and O–H groups in total. The van der Waals surface area contributed by atoms with Crippen LogP contribution in [0.5, 0.6) is 0 Å². The van der Waals surface area contributed by atoms with Crippen LogP contribution < -0.4 is 0 Å². The SMILES string of the molecule is CC1OC(OC2C(OC3CCC4(C)C(CCC5(C)C4CCC4C6CC(C)(C)CCC6(C(=O)OC6OC(COC7OC(CO)C(O)C(O)C7O)C(O)C(O)C6O)CCC45C)C3(C)C)OCC(O)C2OC2OCC(OC3OC(CO)C(O)C(O)C3O)C(O)C2O)C(O)C(OC2OCC(O)C(O)C2O)C1O. The van der Waals surface area contributed by atoms with Crippen LogP contribution in [0, 0.1) is 56.2 Å². The van der Waals surface area contributed by atoms with E-state index in [-0.39, 0.29) is 45.3 Å². The molecule has 7 aliphatic heterocycles. The minimum absolute atomic E-state index is 0.0252. The van der Waals surface area contributed by atoms with Crippen LogP contribution in [-0.2, 0) is 71.1 Å². The van der Waals surface area contributed by atoms with Crippen molar-refractivity contribution >= 4 is 5.97 Å². The average Bonchev–Trinajstić information content (AvgIpc) is 0.675. The summed E-state index contributed by atoms with van der Waals surface area (Å²) in [6, 6.07) is 0. The summed E-state index contributed by atoms with van der Waals surface area (Å²) < 4.78 is 84.6. The fraction of sp³-hybridized carbons (Fsp3) is 0.986. The van der Waals surface area contributed by atoms with E-state index in [9.17, 15) is 97.0 Å². The molecule has 103 heavy (non-hydrogen) atoms. The second kappa shape index (κ2) is 30.7. The monoisotopic (exact) mass is 1490 g/mol. The molecule has 12 aliphatic rings. The van der Waals surface area contributed by atoms with Gasteiger partial charge in [0.1, 0.15) is 146 Å². The Morgan fingerprint density at radius 2 is 0.942 bits per heavy atom. The maximum Gasteiger partial charge on any atom is 0.314 e. The predicted octanol–water partition coefficient (Wildman–Crippen LogP) is -5.54. The number of aliphatic hydroxyl groups excluding tert-OH is 19. The van der Waals surface area contributed by atoms with Crippen LogP contribution in [0.2, 0.25) is 0 Å². The van der Waals surface area contributed by atoms with E-state index in [0.29, 0.717) is 44.9 Å². The van der Waals surface area contributed by atoms with Crippen molar-refractivity contribution in [3.63, 3.8) is 0 Å². The Labute approximate surface area is 596 Å². The largest absolute Gasteiger partial charge is 0.432 e. The van der Waals surface area contributed by atoms with E-state index in [0.717, 1.165) is 25.7 Å². The van der Waals surface area contributed by atoms with Gasteiger partial charge >= 0.3 is 5.97 Å². The first-order valence-electron chi connectivity index (χ1n) is 36.7. The maximum atomic E-state index is 15.3. The third kappa shape index (κ3) is 14.4. The molecule has 34 nitrogen and oxygen atoms in total. The van der Waals surface area contributed by atoms with Crippen LogP contribution in [0.1, 0.15) is 126 Å². The third-order valence-electron chi connectivity index (χ3n) is 27.2. The van der Waals surface area contributed by atoms with Crippen molar-refractivity contribution < 1.29 is 168 Å². The van der Waals surface area contributed by atoms with Crippen molar-refractivity contribution in [3.05, 3.63) is 0 Å². The number of aliphatic hydroxyl groups is 19. The Hall–Kier alpha value is -1.81. The highest BCUT2D eigenvalue weighted by molar-refractivity contribution is 5.78. The standard InChI is InChI=1S/C69H114O34/c1-26-38(74)54(101-57-47(83)39(75)29(72)22-90-57)52(88)61(94-26)102-55-53(100-58-48(84)43(79)34(25-93-58)97-59-50(86)45(81)41(77)32(21-71)96-59)30(73)23-91-62(55)99-37-12-13-66(6)35(65(37,4)5)11-14-68(8)36(66)10-9-27-28-19-64(2,3)15-17-69(28,18-16-67(27,68)7)63(89)103-60-51(87)46(82)42(78)33(98-60)24-92-56-49(85)44(80)40(76)31(20-70)95-56/h26-62,70-88H,9-25H2,1-8H3. The van der Waals surface area contributed by atoms with Gasteiger partial charge in [-0.2, -0.15) is 0 Å². The molecule has 12 rings (SSSR count).